The maximum atomic E-state index is 12.6. The van der Waals surface area contributed by atoms with Gasteiger partial charge < -0.3 is 24.5 Å². The quantitative estimate of drug-likeness (QED) is 0.629. The van der Waals surface area contributed by atoms with Gasteiger partial charge >= 0.3 is 0 Å². The molecule has 176 valence electrons. The number of benzene rings is 1. The normalized spacial score (nSPS) is 30.2. The number of ether oxygens (including phenoxy) is 1. The third-order valence-electron chi connectivity index (χ3n) is 7.88. The summed E-state index contributed by atoms with van der Waals surface area (Å²) in [5.41, 5.74) is 0.745. The van der Waals surface area contributed by atoms with E-state index in [-0.39, 0.29) is 11.9 Å². The van der Waals surface area contributed by atoms with E-state index < -0.39 is 11.0 Å². The third-order valence-corrected chi connectivity index (χ3v) is 7.88. The van der Waals surface area contributed by atoms with E-state index in [0.717, 1.165) is 55.1 Å². The molecule has 0 radical (unpaired) electrons. The molecule has 1 amide bonds. The molecular weight excluding hydrogens is 416 g/mol. The van der Waals surface area contributed by atoms with E-state index in [4.69, 9.17) is 9.15 Å². The fraction of sp³-hybridized carbons (Fsp3) is 0.519. The van der Waals surface area contributed by atoms with E-state index in [9.17, 15) is 9.90 Å². The maximum absolute atomic E-state index is 12.6. The second-order valence-electron chi connectivity index (χ2n) is 10.1. The van der Waals surface area contributed by atoms with Crippen molar-refractivity contribution >= 4 is 12.0 Å². The average molecular weight is 451 g/mol. The minimum absolute atomic E-state index is 0.00737. The number of amides is 1. The number of rotatable bonds is 7. The smallest absolute Gasteiger partial charge is 0.244 e. The Balaban J connectivity index is 1.38. The summed E-state index contributed by atoms with van der Waals surface area (Å²) in [6.45, 7) is 2.76. The van der Waals surface area contributed by atoms with Crippen molar-refractivity contribution in [3.63, 3.8) is 0 Å². The standard InChI is InChI=1S/C27H34N2O4/c1-32-24-4-2-3-22(15-24)26-12-13-29(17-20-5-6-20)19-27(26,31)11-9-23(16-26)28-25(30)8-7-21-10-14-33-18-21/h2-4,7-8,10,14-15,18,20,23,31H,5-6,9,11-13,16-17,19H2,1H3,(H,28,30)/b8-7+/t23-,26+,27+/m1/s1. The molecule has 0 unspecified atom stereocenters. The number of hydrogen-bond donors (Lipinski definition) is 2. The second-order valence-corrected chi connectivity index (χ2v) is 10.1. The number of hydrogen-bond acceptors (Lipinski definition) is 5. The number of carbonyl (C=O) groups is 1. The van der Waals surface area contributed by atoms with Crippen molar-refractivity contribution in [2.45, 2.75) is 55.6 Å². The summed E-state index contributed by atoms with van der Waals surface area (Å²) in [4.78, 5) is 15.1. The summed E-state index contributed by atoms with van der Waals surface area (Å²) in [7, 11) is 1.68. The molecule has 5 rings (SSSR count). The number of piperidine rings is 1. The first kappa shape index (κ1) is 22.2. The Morgan fingerprint density at radius 2 is 2.18 bits per heavy atom. The molecule has 2 saturated carbocycles. The van der Waals surface area contributed by atoms with Gasteiger partial charge in [0, 0.05) is 36.2 Å². The first-order valence-corrected chi connectivity index (χ1v) is 12.1. The molecule has 6 heteroatoms. The van der Waals surface area contributed by atoms with E-state index in [1.807, 2.05) is 18.2 Å². The summed E-state index contributed by atoms with van der Waals surface area (Å²) in [5, 5.41) is 15.3. The van der Waals surface area contributed by atoms with Crippen LogP contribution in [0.3, 0.4) is 0 Å². The van der Waals surface area contributed by atoms with Gasteiger partial charge in [-0.1, -0.05) is 12.1 Å². The number of β-amino-alcohol motifs (C(OH)–C–C–N with tert-alkyl or cyclic N) is 1. The van der Waals surface area contributed by atoms with Gasteiger partial charge in [0.1, 0.15) is 5.75 Å². The van der Waals surface area contributed by atoms with Gasteiger partial charge in [-0.25, -0.2) is 0 Å². The van der Waals surface area contributed by atoms with Crippen LogP contribution in [0.4, 0.5) is 0 Å². The Morgan fingerprint density at radius 3 is 2.94 bits per heavy atom. The van der Waals surface area contributed by atoms with Gasteiger partial charge in [0.2, 0.25) is 5.91 Å². The van der Waals surface area contributed by atoms with Crippen molar-refractivity contribution in [2.75, 3.05) is 26.7 Å². The van der Waals surface area contributed by atoms with Crippen LogP contribution in [0.2, 0.25) is 0 Å². The summed E-state index contributed by atoms with van der Waals surface area (Å²) < 4.78 is 10.6. The lowest BCUT2D eigenvalue weighted by Crippen LogP contribution is -2.67. The predicted octanol–water partition coefficient (Wildman–Crippen LogP) is 3.75. The number of nitrogens with zero attached hydrogens (tertiary/aromatic N) is 1. The molecule has 1 saturated heterocycles. The zero-order valence-corrected chi connectivity index (χ0v) is 19.3. The van der Waals surface area contributed by atoms with Gasteiger partial charge in [-0.15, -0.1) is 0 Å². The Kier molecular flexibility index (Phi) is 6.06. The van der Waals surface area contributed by atoms with Crippen molar-refractivity contribution in [2.24, 2.45) is 5.92 Å². The van der Waals surface area contributed by atoms with Crippen LogP contribution < -0.4 is 10.1 Å². The molecule has 2 aliphatic carbocycles. The average Bonchev–Trinajstić information content (AvgIpc) is 3.47. The lowest BCUT2D eigenvalue weighted by Gasteiger charge is -2.58. The largest absolute Gasteiger partial charge is 0.497 e. The first-order valence-electron chi connectivity index (χ1n) is 12.1. The van der Waals surface area contributed by atoms with E-state index in [2.05, 4.69) is 22.3 Å². The number of carbonyl (C=O) groups excluding carboxylic acids is 1. The molecule has 2 aromatic rings. The molecule has 3 atom stereocenters. The van der Waals surface area contributed by atoms with Crippen LogP contribution in [-0.4, -0.2) is 54.3 Å². The van der Waals surface area contributed by atoms with E-state index in [0.29, 0.717) is 13.0 Å². The summed E-state index contributed by atoms with van der Waals surface area (Å²) in [5.74, 6) is 1.49. The first-order chi connectivity index (χ1) is 16.0. The SMILES string of the molecule is COc1cccc([C@@]23CCN(CC4CC4)C[C@@]2(O)CC[C@@H](NC(=O)/C=C/c2ccoc2)C3)c1. The van der Waals surface area contributed by atoms with Gasteiger partial charge in [0.05, 0.1) is 25.2 Å². The highest BCUT2D eigenvalue weighted by molar-refractivity contribution is 5.91. The summed E-state index contributed by atoms with van der Waals surface area (Å²) >= 11 is 0. The molecule has 1 aromatic carbocycles. The monoisotopic (exact) mass is 450 g/mol. The molecule has 1 aliphatic heterocycles. The molecule has 2 N–H and O–H groups in total. The van der Waals surface area contributed by atoms with Crippen molar-refractivity contribution in [1.29, 1.82) is 0 Å². The minimum Gasteiger partial charge on any atom is -0.497 e. The van der Waals surface area contributed by atoms with Gasteiger partial charge in [-0.05, 0) is 80.8 Å². The van der Waals surface area contributed by atoms with Crippen molar-refractivity contribution < 1.29 is 19.1 Å². The van der Waals surface area contributed by atoms with E-state index in [1.165, 1.54) is 12.8 Å². The minimum atomic E-state index is -0.819. The zero-order valence-electron chi connectivity index (χ0n) is 19.3. The van der Waals surface area contributed by atoms with E-state index >= 15 is 0 Å². The predicted molar refractivity (Wildman–Crippen MR) is 127 cm³/mol. The molecular formula is C27H34N2O4. The van der Waals surface area contributed by atoms with E-state index in [1.54, 1.807) is 31.8 Å². The molecule has 6 nitrogen and oxygen atoms in total. The highest BCUT2D eigenvalue weighted by Crippen LogP contribution is 2.52. The molecule has 0 spiro atoms. The summed E-state index contributed by atoms with van der Waals surface area (Å²) in [6.07, 6.45) is 12.2. The summed E-state index contributed by atoms with van der Waals surface area (Å²) in [6, 6.07) is 9.97. The molecule has 3 fully saturated rings. The lowest BCUT2D eigenvalue weighted by atomic mass is 9.55. The number of fused-ring (bicyclic) bond motifs is 1. The number of methoxy groups -OCH3 is 1. The van der Waals surface area contributed by atoms with Gasteiger partial charge in [-0.2, -0.15) is 0 Å². The fourth-order valence-corrected chi connectivity index (χ4v) is 5.92. The zero-order chi connectivity index (χ0) is 22.9. The number of nitrogens with one attached hydrogen (secondary N) is 1. The van der Waals surface area contributed by atoms with Gasteiger partial charge in [0.15, 0.2) is 0 Å². The molecule has 33 heavy (non-hydrogen) atoms. The molecule has 1 aromatic heterocycles. The van der Waals surface area contributed by atoms with Crippen molar-refractivity contribution in [1.82, 2.24) is 10.2 Å². The van der Waals surface area contributed by atoms with Gasteiger partial charge in [-0.3, -0.25) is 4.79 Å². The maximum Gasteiger partial charge on any atom is 0.244 e. The second kappa shape index (κ2) is 8.99. The number of furan rings is 1. The van der Waals surface area contributed by atoms with Crippen LogP contribution in [0, 0.1) is 5.92 Å². The Labute approximate surface area is 195 Å². The molecule has 3 aliphatic rings. The van der Waals surface area contributed by atoms with Crippen LogP contribution in [0.25, 0.3) is 6.08 Å². The Hall–Kier alpha value is -2.57. The Morgan fingerprint density at radius 1 is 1.30 bits per heavy atom. The third kappa shape index (κ3) is 4.59. The number of likely N-dealkylation sites (tertiary alicyclic amines) is 1. The van der Waals surface area contributed by atoms with Crippen LogP contribution in [0.1, 0.15) is 49.7 Å². The van der Waals surface area contributed by atoms with Crippen LogP contribution in [0.15, 0.2) is 53.4 Å². The highest BCUT2D eigenvalue weighted by Gasteiger charge is 2.57. The van der Waals surface area contributed by atoms with Crippen LogP contribution in [0.5, 0.6) is 5.75 Å². The van der Waals surface area contributed by atoms with Gasteiger partial charge in [0.25, 0.3) is 0 Å². The topological polar surface area (TPSA) is 74.9 Å². The fourth-order valence-electron chi connectivity index (χ4n) is 5.92. The van der Waals surface area contributed by atoms with Crippen LogP contribution in [-0.2, 0) is 10.2 Å². The lowest BCUT2D eigenvalue weighted by molar-refractivity contribution is -0.132. The number of aliphatic hydroxyl groups is 1. The Bertz CT molecular complexity index is 999. The van der Waals surface area contributed by atoms with Crippen molar-refractivity contribution in [3.8, 4) is 5.75 Å². The molecule has 0 bridgehead atoms. The van der Waals surface area contributed by atoms with Crippen molar-refractivity contribution in [3.05, 3.63) is 60.1 Å². The highest BCUT2D eigenvalue weighted by atomic mass is 16.5. The van der Waals surface area contributed by atoms with Crippen LogP contribution >= 0.6 is 0 Å². The molecule has 2 heterocycles.